The summed E-state index contributed by atoms with van der Waals surface area (Å²) in [6.07, 6.45) is 5.69. The van der Waals surface area contributed by atoms with Crippen LogP contribution in [0.5, 0.6) is 0 Å². The minimum absolute atomic E-state index is 0.0913. The molecule has 2 rings (SSSR count). The van der Waals surface area contributed by atoms with E-state index in [0.717, 1.165) is 18.5 Å². The van der Waals surface area contributed by atoms with Gasteiger partial charge in [-0.3, -0.25) is 10.2 Å². The van der Waals surface area contributed by atoms with Crippen molar-refractivity contribution in [1.29, 1.82) is 5.41 Å². The number of amidine groups is 1. The minimum Gasteiger partial charge on any atom is -0.384 e. The Hall–Kier alpha value is -1.58. The molecule has 1 fully saturated rings. The molecule has 110 valence electrons. The van der Waals surface area contributed by atoms with E-state index in [-0.39, 0.29) is 22.9 Å². The van der Waals surface area contributed by atoms with Gasteiger partial charge in [-0.15, -0.1) is 0 Å². The van der Waals surface area contributed by atoms with E-state index in [0.29, 0.717) is 5.56 Å². The Kier molecular flexibility index (Phi) is 4.02. The van der Waals surface area contributed by atoms with Gasteiger partial charge in [0.1, 0.15) is 5.84 Å². The summed E-state index contributed by atoms with van der Waals surface area (Å²) in [4.78, 5) is 12.7. The van der Waals surface area contributed by atoms with Crippen molar-refractivity contribution in [3.05, 3.63) is 33.7 Å². The molecule has 0 amide bonds. The topological polar surface area (TPSA) is 71.9 Å². The van der Waals surface area contributed by atoms with Crippen molar-refractivity contribution in [1.82, 2.24) is 4.57 Å². The Morgan fingerprint density at radius 1 is 1.25 bits per heavy atom. The van der Waals surface area contributed by atoms with Crippen molar-refractivity contribution in [3.8, 4) is 0 Å². The molecule has 20 heavy (non-hydrogen) atoms. The SMILES string of the molecule is CC(C)(C)c1ccc(C(=N)N)c(=O)n1C1CCCCC1. The van der Waals surface area contributed by atoms with Crippen molar-refractivity contribution >= 4 is 5.84 Å². The molecule has 1 saturated carbocycles. The fourth-order valence-electron chi connectivity index (χ4n) is 3.07. The minimum atomic E-state index is -0.139. The van der Waals surface area contributed by atoms with Crippen LogP contribution >= 0.6 is 0 Å². The van der Waals surface area contributed by atoms with E-state index < -0.39 is 0 Å². The molecular formula is C16H25N3O. The summed E-state index contributed by atoms with van der Waals surface area (Å²) in [7, 11) is 0. The molecule has 1 aliphatic rings. The molecule has 4 nitrogen and oxygen atoms in total. The lowest BCUT2D eigenvalue weighted by molar-refractivity contribution is 0.325. The number of hydrogen-bond acceptors (Lipinski definition) is 2. The predicted molar refractivity (Wildman–Crippen MR) is 82.5 cm³/mol. The number of pyridine rings is 1. The summed E-state index contributed by atoms with van der Waals surface area (Å²) in [5, 5.41) is 7.58. The van der Waals surface area contributed by atoms with Crippen LogP contribution in [0.1, 0.15) is 70.2 Å². The molecule has 0 saturated heterocycles. The van der Waals surface area contributed by atoms with Crippen LogP contribution in [-0.2, 0) is 5.41 Å². The Morgan fingerprint density at radius 2 is 1.85 bits per heavy atom. The molecule has 0 radical (unpaired) electrons. The highest BCUT2D eigenvalue weighted by atomic mass is 16.1. The van der Waals surface area contributed by atoms with Gasteiger partial charge in [-0.05, 0) is 25.0 Å². The predicted octanol–water partition coefficient (Wildman–Crippen LogP) is 2.94. The van der Waals surface area contributed by atoms with E-state index in [4.69, 9.17) is 11.1 Å². The van der Waals surface area contributed by atoms with E-state index in [1.165, 1.54) is 19.3 Å². The van der Waals surface area contributed by atoms with Gasteiger partial charge in [0.2, 0.25) is 0 Å². The van der Waals surface area contributed by atoms with E-state index in [1.807, 2.05) is 10.6 Å². The van der Waals surface area contributed by atoms with Gasteiger partial charge in [0.15, 0.2) is 0 Å². The van der Waals surface area contributed by atoms with Crippen LogP contribution in [0.25, 0.3) is 0 Å². The highest BCUT2D eigenvalue weighted by Crippen LogP contribution is 2.31. The van der Waals surface area contributed by atoms with Crippen molar-refractivity contribution in [3.63, 3.8) is 0 Å². The van der Waals surface area contributed by atoms with Crippen LogP contribution in [0, 0.1) is 5.41 Å². The number of rotatable bonds is 2. The smallest absolute Gasteiger partial charge is 0.262 e. The Labute approximate surface area is 120 Å². The fraction of sp³-hybridized carbons (Fsp3) is 0.625. The molecule has 4 heteroatoms. The van der Waals surface area contributed by atoms with Gasteiger partial charge in [0.05, 0.1) is 5.56 Å². The van der Waals surface area contributed by atoms with E-state index in [9.17, 15) is 4.79 Å². The van der Waals surface area contributed by atoms with Crippen LogP contribution in [-0.4, -0.2) is 10.4 Å². The third-order valence-electron chi connectivity index (χ3n) is 4.12. The van der Waals surface area contributed by atoms with Crippen LogP contribution in [0.2, 0.25) is 0 Å². The van der Waals surface area contributed by atoms with Gasteiger partial charge >= 0.3 is 0 Å². The highest BCUT2D eigenvalue weighted by molar-refractivity contribution is 5.94. The number of aromatic nitrogens is 1. The van der Waals surface area contributed by atoms with Gasteiger partial charge in [0, 0.05) is 17.2 Å². The number of hydrogen-bond donors (Lipinski definition) is 2. The number of nitrogens with zero attached hydrogens (tertiary/aromatic N) is 1. The maximum absolute atomic E-state index is 12.7. The van der Waals surface area contributed by atoms with Gasteiger partial charge < -0.3 is 10.3 Å². The molecule has 0 spiro atoms. The van der Waals surface area contributed by atoms with Crippen molar-refractivity contribution < 1.29 is 0 Å². The van der Waals surface area contributed by atoms with Gasteiger partial charge in [0.25, 0.3) is 5.56 Å². The fourth-order valence-corrected chi connectivity index (χ4v) is 3.07. The summed E-state index contributed by atoms with van der Waals surface area (Å²) in [6.45, 7) is 6.36. The molecule has 0 atom stereocenters. The first-order valence-corrected chi connectivity index (χ1v) is 7.43. The lowest BCUT2D eigenvalue weighted by Crippen LogP contribution is -2.37. The number of nitrogen functional groups attached to an aromatic ring is 1. The second-order valence-electron chi connectivity index (χ2n) is 6.76. The third kappa shape index (κ3) is 2.79. The van der Waals surface area contributed by atoms with Gasteiger partial charge in [-0.1, -0.05) is 40.0 Å². The Balaban J connectivity index is 2.62. The standard InChI is InChI=1S/C16H25N3O/c1-16(2,3)13-10-9-12(14(17)18)15(20)19(13)11-7-5-4-6-8-11/h9-11H,4-8H2,1-3H3,(H3,17,18). The Morgan fingerprint density at radius 3 is 2.35 bits per heavy atom. The summed E-state index contributed by atoms with van der Waals surface area (Å²) in [5.74, 6) is -0.139. The van der Waals surface area contributed by atoms with Gasteiger partial charge in [-0.25, -0.2) is 0 Å². The van der Waals surface area contributed by atoms with Crippen LogP contribution in [0.3, 0.4) is 0 Å². The molecule has 3 N–H and O–H groups in total. The van der Waals surface area contributed by atoms with Crippen molar-refractivity contribution in [2.45, 2.75) is 64.3 Å². The second-order valence-corrected chi connectivity index (χ2v) is 6.76. The maximum Gasteiger partial charge on any atom is 0.262 e. The van der Waals surface area contributed by atoms with Crippen molar-refractivity contribution in [2.75, 3.05) is 0 Å². The van der Waals surface area contributed by atoms with Crippen molar-refractivity contribution in [2.24, 2.45) is 5.73 Å². The number of nitrogens with two attached hydrogens (primary N) is 1. The lowest BCUT2D eigenvalue weighted by Gasteiger charge is -2.32. The van der Waals surface area contributed by atoms with Gasteiger partial charge in [-0.2, -0.15) is 0 Å². The van der Waals surface area contributed by atoms with E-state index >= 15 is 0 Å². The molecule has 0 aromatic carbocycles. The molecule has 1 aliphatic carbocycles. The van der Waals surface area contributed by atoms with Crippen LogP contribution < -0.4 is 11.3 Å². The number of nitrogens with one attached hydrogen (secondary N) is 1. The quantitative estimate of drug-likeness (QED) is 0.643. The molecule has 1 aromatic rings. The monoisotopic (exact) mass is 275 g/mol. The third-order valence-corrected chi connectivity index (χ3v) is 4.12. The molecule has 1 aromatic heterocycles. The summed E-state index contributed by atoms with van der Waals surface area (Å²) >= 11 is 0. The zero-order chi connectivity index (χ0) is 14.9. The van der Waals surface area contributed by atoms with E-state index in [1.54, 1.807) is 6.07 Å². The molecule has 0 unspecified atom stereocenters. The van der Waals surface area contributed by atoms with E-state index in [2.05, 4.69) is 20.8 Å². The summed E-state index contributed by atoms with van der Waals surface area (Å²) in [5.41, 5.74) is 6.71. The highest BCUT2D eigenvalue weighted by Gasteiger charge is 2.26. The average Bonchev–Trinajstić information content (AvgIpc) is 2.37. The molecule has 1 heterocycles. The molecule has 0 aliphatic heterocycles. The first kappa shape index (κ1) is 14.8. The zero-order valence-electron chi connectivity index (χ0n) is 12.7. The van der Waals surface area contributed by atoms with Crippen LogP contribution in [0.4, 0.5) is 0 Å². The largest absolute Gasteiger partial charge is 0.384 e. The second kappa shape index (κ2) is 5.43. The van der Waals surface area contributed by atoms with Crippen LogP contribution in [0.15, 0.2) is 16.9 Å². The maximum atomic E-state index is 12.7. The first-order chi connectivity index (χ1) is 9.32. The average molecular weight is 275 g/mol. The first-order valence-electron chi connectivity index (χ1n) is 7.43. The molecule has 0 bridgehead atoms. The zero-order valence-corrected chi connectivity index (χ0v) is 12.7. The molecular weight excluding hydrogens is 250 g/mol. The summed E-state index contributed by atoms with van der Waals surface area (Å²) < 4.78 is 1.91. The lowest BCUT2D eigenvalue weighted by atomic mass is 9.88. The normalized spacial score (nSPS) is 17.1. The Bertz CT molecular complexity index is 560. The summed E-state index contributed by atoms with van der Waals surface area (Å²) in [6, 6.07) is 3.92.